The normalized spacial score (nSPS) is 27.2. The van der Waals surface area contributed by atoms with Gasteiger partial charge < -0.3 is 5.32 Å². The summed E-state index contributed by atoms with van der Waals surface area (Å²) in [6, 6.07) is 10.7. The van der Waals surface area contributed by atoms with Crippen LogP contribution < -0.4 is 5.32 Å². The van der Waals surface area contributed by atoms with Gasteiger partial charge >= 0.3 is 0 Å². The first-order valence-electron chi connectivity index (χ1n) is 6.36. The Balaban J connectivity index is 1.81. The first-order valence-corrected chi connectivity index (χ1v) is 7.53. The number of hydrogen-bond donors (Lipinski definition) is 1. The van der Waals surface area contributed by atoms with Gasteiger partial charge in [-0.05, 0) is 33.8 Å². The zero-order valence-corrected chi connectivity index (χ0v) is 12.5. The molecule has 2 unspecified atom stereocenters. The first kappa shape index (κ1) is 11.7. The molecule has 0 amide bonds. The molecule has 2 aliphatic rings. The van der Waals surface area contributed by atoms with Gasteiger partial charge in [0.25, 0.3) is 0 Å². The smallest absolute Gasteiger partial charge is 0.131 e. The third kappa shape index (κ3) is 1.58. The van der Waals surface area contributed by atoms with Crippen LogP contribution in [-0.2, 0) is 5.41 Å². The maximum absolute atomic E-state index is 6.49. The Bertz CT molecular complexity index is 659. The number of halogens is 2. The number of rotatable bonds is 1. The van der Waals surface area contributed by atoms with Crippen LogP contribution in [0.3, 0.4) is 0 Å². The molecule has 1 aromatic carbocycles. The minimum Gasteiger partial charge on any atom is -0.369 e. The van der Waals surface area contributed by atoms with E-state index in [-0.39, 0.29) is 5.41 Å². The van der Waals surface area contributed by atoms with Gasteiger partial charge in [0.15, 0.2) is 0 Å². The van der Waals surface area contributed by atoms with E-state index in [9.17, 15) is 0 Å². The number of benzene rings is 1. The molecule has 19 heavy (non-hydrogen) atoms. The molecule has 1 aliphatic carbocycles. The molecule has 1 aromatic heterocycles. The summed E-state index contributed by atoms with van der Waals surface area (Å²) in [5, 5.41) is 4.22. The summed E-state index contributed by atoms with van der Waals surface area (Å²) in [5.41, 5.74) is 2.73. The van der Waals surface area contributed by atoms with E-state index in [1.807, 2.05) is 0 Å². The fraction of sp³-hybridized carbons (Fsp3) is 0.267. The van der Waals surface area contributed by atoms with E-state index in [0.717, 1.165) is 28.3 Å². The van der Waals surface area contributed by atoms with Gasteiger partial charge in [-0.15, -0.1) is 0 Å². The van der Waals surface area contributed by atoms with E-state index in [4.69, 9.17) is 11.6 Å². The third-order valence-electron chi connectivity index (χ3n) is 4.32. The van der Waals surface area contributed by atoms with Crippen molar-refractivity contribution in [3.05, 3.63) is 57.2 Å². The molecule has 1 N–H and O–H groups in total. The lowest BCUT2D eigenvalue weighted by atomic mass is 9.94. The molecule has 1 aliphatic heterocycles. The average Bonchev–Trinajstić information content (AvgIpc) is 3.04. The predicted octanol–water partition coefficient (Wildman–Crippen LogP) is 4.35. The molecule has 0 saturated heterocycles. The predicted molar refractivity (Wildman–Crippen MR) is 80.9 cm³/mol. The van der Waals surface area contributed by atoms with Gasteiger partial charge in [-0.1, -0.05) is 41.9 Å². The number of nitrogens with one attached hydrogen (secondary N) is 1. The topological polar surface area (TPSA) is 24.9 Å². The maximum Gasteiger partial charge on any atom is 0.131 e. The third-order valence-corrected chi connectivity index (χ3v) is 5.54. The van der Waals surface area contributed by atoms with Gasteiger partial charge in [-0.2, -0.15) is 0 Å². The zero-order chi connectivity index (χ0) is 13.0. The lowest BCUT2D eigenvalue weighted by Gasteiger charge is -2.12. The number of aromatic nitrogens is 1. The van der Waals surface area contributed by atoms with Gasteiger partial charge in [0.1, 0.15) is 5.82 Å². The lowest BCUT2D eigenvalue weighted by Crippen LogP contribution is -2.12. The van der Waals surface area contributed by atoms with Crippen molar-refractivity contribution < 1.29 is 0 Å². The van der Waals surface area contributed by atoms with E-state index in [1.165, 1.54) is 11.1 Å². The summed E-state index contributed by atoms with van der Waals surface area (Å²) in [6.07, 6.45) is 2.92. The molecule has 0 radical (unpaired) electrons. The Kier molecular flexibility index (Phi) is 2.45. The van der Waals surface area contributed by atoms with Crippen LogP contribution >= 0.6 is 27.5 Å². The van der Waals surface area contributed by atoms with Crippen LogP contribution in [0.4, 0.5) is 5.82 Å². The summed E-state index contributed by atoms with van der Waals surface area (Å²) in [5.74, 6) is 1.50. The van der Waals surface area contributed by atoms with Crippen molar-refractivity contribution in [3.63, 3.8) is 0 Å². The monoisotopic (exact) mass is 334 g/mol. The standard InChI is InChI=1S/C15H12BrClN2/c16-11-7-18-14-12(13(11)17)15(8-19-14)6-10(15)9-4-2-1-3-5-9/h1-5,7,10H,6,8H2,(H,18,19). The highest BCUT2D eigenvalue weighted by Gasteiger charge is 2.60. The van der Waals surface area contributed by atoms with Crippen LogP contribution in [0.15, 0.2) is 41.0 Å². The minimum atomic E-state index is 0.143. The molecule has 2 aromatic rings. The average molecular weight is 336 g/mol. The second-order valence-electron chi connectivity index (χ2n) is 5.32. The van der Waals surface area contributed by atoms with Crippen molar-refractivity contribution >= 4 is 33.3 Å². The van der Waals surface area contributed by atoms with Crippen LogP contribution in [0.1, 0.15) is 23.5 Å². The van der Waals surface area contributed by atoms with Crippen molar-refractivity contribution in [2.45, 2.75) is 17.8 Å². The Morgan fingerprint density at radius 1 is 1.32 bits per heavy atom. The number of nitrogens with zero attached hydrogens (tertiary/aromatic N) is 1. The SMILES string of the molecule is Clc1c(Br)cnc2c1C1(CN2)CC1c1ccccc1. The fourth-order valence-corrected chi connectivity index (χ4v) is 3.91. The highest BCUT2D eigenvalue weighted by molar-refractivity contribution is 9.10. The summed E-state index contributed by atoms with van der Waals surface area (Å²) < 4.78 is 0.884. The minimum absolute atomic E-state index is 0.143. The van der Waals surface area contributed by atoms with Gasteiger partial charge in [0.05, 0.1) is 9.50 Å². The number of pyridine rings is 1. The Morgan fingerprint density at radius 3 is 2.89 bits per heavy atom. The highest BCUT2D eigenvalue weighted by atomic mass is 79.9. The molecule has 1 saturated carbocycles. The van der Waals surface area contributed by atoms with Crippen molar-refractivity contribution in [1.29, 1.82) is 0 Å². The van der Waals surface area contributed by atoms with Gasteiger partial charge in [0, 0.05) is 23.7 Å². The molecule has 1 spiro atoms. The van der Waals surface area contributed by atoms with Gasteiger partial charge in [-0.3, -0.25) is 0 Å². The number of hydrogen-bond acceptors (Lipinski definition) is 2. The van der Waals surface area contributed by atoms with Crippen LogP contribution in [0.5, 0.6) is 0 Å². The van der Waals surface area contributed by atoms with Crippen LogP contribution in [0.25, 0.3) is 0 Å². The molecular weight excluding hydrogens is 324 g/mol. The van der Waals surface area contributed by atoms with Crippen molar-refractivity contribution in [3.8, 4) is 0 Å². The van der Waals surface area contributed by atoms with E-state index in [0.29, 0.717) is 5.92 Å². The van der Waals surface area contributed by atoms with Crippen molar-refractivity contribution in [2.75, 3.05) is 11.9 Å². The number of anilines is 1. The molecule has 2 atom stereocenters. The van der Waals surface area contributed by atoms with E-state index < -0.39 is 0 Å². The van der Waals surface area contributed by atoms with Crippen molar-refractivity contribution in [2.24, 2.45) is 0 Å². The molecule has 1 fully saturated rings. The maximum atomic E-state index is 6.49. The quantitative estimate of drug-likeness (QED) is 0.838. The van der Waals surface area contributed by atoms with Crippen LogP contribution in [0, 0.1) is 0 Å². The molecule has 0 bridgehead atoms. The van der Waals surface area contributed by atoms with E-state index >= 15 is 0 Å². The van der Waals surface area contributed by atoms with Crippen LogP contribution in [0.2, 0.25) is 5.02 Å². The second kappa shape index (κ2) is 3.97. The second-order valence-corrected chi connectivity index (χ2v) is 6.55. The molecule has 96 valence electrons. The molecule has 4 rings (SSSR count). The summed E-state index contributed by atoms with van der Waals surface area (Å²) in [6.45, 7) is 0.936. The summed E-state index contributed by atoms with van der Waals surface area (Å²) >= 11 is 9.97. The largest absolute Gasteiger partial charge is 0.369 e. The molecular formula is C15H12BrClN2. The fourth-order valence-electron chi connectivity index (χ4n) is 3.28. The molecule has 2 nitrogen and oxygen atoms in total. The summed E-state index contributed by atoms with van der Waals surface area (Å²) in [4.78, 5) is 4.44. The van der Waals surface area contributed by atoms with Crippen LogP contribution in [-0.4, -0.2) is 11.5 Å². The summed E-state index contributed by atoms with van der Waals surface area (Å²) in [7, 11) is 0. The Labute approximate surface area is 125 Å². The highest BCUT2D eigenvalue weighted by Crippen LogP contribution is 2.65. The zero-order valence-electron chi connectivity index (χ0n) is 10.2. The molecule has 2 heterocycles. The first-order chi connectivity index (χ1) is 9.22. The Morgan fingerprint density at radius 2 is 2.11 bits per heavy atom. The van der Waals surface area contributed by atoms with Crippen molar-refractivity contribution in [1.82, 2.24) is 4.98 Å². The molecule has 4 heteroatoms. The lowest BCUT2D eigenvalue weighted by molar-refractivity contribution is 0.740. The Hall–Kier alpha value is -1.06. The van der Waals surface area contributed by atoms with E-state index in [1.54, 1.807) is 6.20 Å². The number of fused-ring (bicyclic) bond motifs is 2. The van der Waals surface area contributed by atoms with Gasteiger partial charge in [0.2, 0.25) is 0 Å². The van der Waals surface area contributed by atoms with Gasteiger partial charge in [-0.25, -0.2) is 4.98 Å². The van der Waals surface area contributed by atoms with E-state index in [2.05, 4.69) is 56.6 Å².